The minimum atomic E-state index is 0.0437. The molecule has 1 atom stereocenters. The van der Waals surface area contributed by atoms with Crippen LogP contribution < -0.4 is 5.32 Å². The number of aromatic hydroxyl groups is 2. The molecule has 0 amide bonds. The zero-order valence-corrected chi connectivity index (χ0v) is 12.6. The summed E-state index contributed by atoms with van der Waals surface area (Å²) in [5.74, 6) is 0.142. The summed E-state index contributed by atoms with van der Waals surface area (Å²) in [6.45, 7) is 1.61. The van der Waals surface area contributed by atoms with Crippen molar-refractivity contribution in [3.63, 3.8) is 0 Å². The molecule has 0 radical (unpaired) electrons. The third-order valence-corrected chi connectivity index (χ3v) is 3.70. The smallest absolute Gasteiger partial charge is 0.119 e. The molecule has 0 aliphatic rings. The van der Waals surface area contributed by atoms with E-state index >= 15 is 0 Å². The van der Waals surface area contributed by atoms with Crippen molar-refractivity contribution >= 4 is 0 Å². The van der Waals surface area contributed by atoms with E-state index < -0.39 is 0 Å². The van der Waals surface area contributed by atoms with Crippen LogP contribution in [-0.4, -0.2) is 35.0 Å². The standard InChI is InChI=1S/C18H23NO3/c20-9-7-15(16-10-17(21)12-18(22)11-16)13-19-8-6-14-4-2-1-3-5-14/h1-5,10-12,15,19-22H,6-9,13H2. The van der Waals surface area contributed by atoms with E-state index in [1.165, 1.54) is 11.6 Å². The summed E-state index contributed by atoms with van der Waals surface area (Å²) in [7, 11) is 0. The van der Waals surface area contributed by atoms with E-state index in [1.54, 1.807) is 12.1 Å². The number of phenols is 2. The molecule has 1 unspecified atom stereocenters. The fraction of sp³-hybridized carbons (Fsp3) is 0.333. The summed E-state index contributed by atoms with van der Waals surface area (Å²) in [5.41, 5.74) is 2.11. The highest BCUT2D eigenvalue weighted by Gasteiger charge is 2.12. The average molecular weight is 301 g/mol. The van der Waals surface area contributed by atoms with E-state index in [4.69, 9.17) is 0 Å². The SMILES string of the molecule is OCCC(CNCCc1ccccc1)c1cc(O)cc(O)c1. The van der Waals surface area contributed by atoms with Crippen molar-refractivity contribution in [3.8, 4) is 11.5 Å². The number of hydrogen-bond donors (Lipinski definition) is 4. The van der Waals surface area contributed by atoms with Crippen LogP contribution in [0.25, 0.3) is 0 Å². The van der Waals surface area contributed by atoms with Gasteiger partial charge in [-0.2, -0.15) is 0 Å². The second-order valence-corrected chi connectivity index (χ2v) is 5.43. The number of nitrogens with one attached hydrogen (secondary N) is 1. The summed E-state index contributed by atoms with van der Waals surface area (Å²) in [5, 5.41) is 31.8. The minimum Gasteiger partial charge on any atom is -0.508 e. The lowest BCUT2D eigenvalue weighted by atomic mass is 9.95. The molecule has 2 aromatic rings. The molecule has 0 bridgehead atoms. The molecule has 0 fully saturated rings. The van der Waals surface area contributed by atoms with E-state index in [0.717, 1.165) is 18.5 Å². The fourth-order valence-corrected chi connectivity index (χ4v) is 2.55. The fourth-order valence-electron chi connectivity index (χ4n) is 2.55. The molecule has 2 aromatic carbocycles. The first kappa shape index (κ1) is 16.3. The molecule has 0 saturated carbocycles. The first-order valence-electron chi connectivity index (χ1n) is 7.57. The van der Waals surface area contributed by atoms with Crippen molar-refractivity contribution < 1.29 is 15.3 Å². The van der Waals surface area contributed by atoms with Gasteiger partial charge in [0, 0.05) is 19.2 Å². The predicted octanol–water partition coefficient (Wildman–Crippen LogP) is 2.40. The van der Waals surface area contributed by atoms with Crippen LogP contribution in [0.3, 0.4) is 0 Å². The summed E-state index contributed by atoms with van der Waals surface area (Å²) in [6, 6.07) is 14.8. The topological polar surface area (TPSA) is 72.7 Å². The Morgan fingerprint density at radius 3 is 2.27 bits per heavy atom. The molecule has 0 heterocycles. The Kier molecular flexibility index (Phi) is 6.25. The van der Waals surface area contributed by atoms with Crippen LogP contribution in [0, 0.1) is 0 Å². The number of aliphatic hydroxyl groups is 1. The molecule has 4 nitrogen and oxygen atoms in total. The van der Waals surface area contributed by atoms with Gasteiger partial charge in [-0.25, -0.2) is 0 Å². The van der Waals surface area contributed by atoms with E-state index in [-0.39, 0.29) is 24.0 Å². The molecule has 0 spiro atoms. The quantitative estimate of drug-likeness (QED) is 0.565. The van der Waals surface area contributed by atoms with Crippen LogP contribution in [-0.2, 0) is 6.42 Å². The Balaban J connectivity index is 1.88. The number of hydrogen-bond acceptors (Lipinski definition) is 4. The van der Waals surface area contributed by atoms with E-state index in [1.807, 2.05) is 18.2 Å². The summed E-state index contributed by atoms with van der Waals surface area (Å²) >= 11 is 0. The van der Waals surface area contributed by atoms with Gasteiger partial charge in [0.2, 0.25) is 0 Å². The lowest BCUT2D eigenvalue weighted by Gasteiger charge is -2.18. The highest BCUT2D eigenvalue weighted by molar-refractivity contribution is 5.38. The van der Waals surface area contributed by atoms with E-state index in [9.17, 15) is 15.3 Å². The van der Waals surface area contributed by atoms with Gasteiger partial charge >= 0.3 is 0 Å². The largest absolute Gasteiger partial charge is 0.508 e. The maximum atomic E-state index is 9.59. The van der Waals surface area contributed by atoms with Crippen LogP contribution in [0.5, 0.6) is 11.5 Å². The summed E-state index contributed by atoms with van der Waals surface area (Å²) < 4.78 is 0. The second kappa shape index (κ2) is 8.41. The molecule has 118 valence electrons. The van der Waals surface area contributed by atoms with Gasteiger partial charge in [-0.15, -0.1) is 0 Å². The molecular formula is C18H23NO3. The van der Waals surface area contributed by atoms with Crippen LogP contribution in [0.1, 0.15) is 23.5 Å². The zero-order valence-electron chi connectivity index (χ0n) is 12.6. The number of aliphatic hydroxyl groups excluding tert-OH is 1. The van der Waals surface area contributed by atoms with E-state index in [2.05, 4.69) is 17.4 Å². The monoisotopic (exact) mass is 301 g/mol. The van der Waals surface area contributed by atoms with Gasteiger partial charge in [0.25, 0.3) is 0 Å². The van der Waals surface area contributed by atoms with Crippen LogP contribution in [0.15, 0.2) is 48.5 Å². The second-order valence-electron chi connectivity index (χ2n) is 5.43. The average Bonchev–Trinajstić information content (AvgIpc) is 2.50. The number of rotatable bonds is 8. The molecule has 4 heteroatoms. The molecule has 4 N–H and O–H groups in total. The maximum absolute atomic E-state index is 9.59. The normalized spacial score (nSPS) is 12.2. The van der Waals surface area contributed by atoms with Crippen molar-refractivity contribution in [2.45, 2.75) is 18.8 Å². The number of benzene rings is 2. The Morgan fingerprint density at radius 2 is 1.64 bits per heavy atom. The Morgan fingerprint density at radius 1 is 0.955 bits per heavy atom. The van der Waals surface area contributed by atoms with Gasteiger partial charge in [0.05, 0.1) is 0 Å². The van der Waals surface area contributed by atoms with Crippen molar-refractivity contribution in [2.24, 2.45) is 0 Å². The summed E-state index contributed by atoms with van der Waals surface area (Å²) in [6.07, 6.45) is 1.53. The maximum Gasteiger partial charge on any atom is 0.119 e. The molecule has 0 aromatic heterocycles. The Bertz CT molecular complexity index is 552. The molecule has 0 saturated heterocycles. The number of phenolic OH excluding ortho intramolecular Hbond substituents is 2. The predicted molar refractivity (Wildman–Crippen MR) is 87.2 cm³/mol. The van der Waals surface area contributed by atoms with E-state index in [0.29, 0.717) is 13.0 Å². The molecule has 2 rings (SSSR count). The van der Waals surface area contributed by atoms with Gasteiger partial charge in [-0.3, -0.25) is 0 Å². The van der Waals surface area contributed by atoms with Crippen molar-refractivity contribution in [3.05, 3.63) is 59.7 Å². The van der Waals surface area contributed by atoms with Crippen molar-refractivity contribution in [1.29, 1.82) is 0 Å². The van der Waals surface area contributed by atoms with Crippen molar-refractivity contribution in [1.82, 2.24) is 5.32 Å². The van der Waals surface area contributed by atoms with Crippen molar-refractivity contribution in [2.75, 3.05) is 19.7 Å². The van der Waals surface area contributed by atoms with Gasteiger partial charge in [0.15, 0.2) is 0 Å². The van der Waals surface area contributed by atoms with Crippen LogP contribution in [0.2, 0.25) is 0 Å². The Hall–Kier alpha value is -2.04. The third kappa shape index (κ3) is 5.06. The first-order chi connectivity index (χ1) is 10.7. The molecule has 0 aliphatic heterocycles. The molecule has 22 heavy (non-hydrogen) atoms. The summed E-state index contributed by atoms with van der Waals surface area (Å²) in [4.78, 5) is 0. The zero-order chi connectivity index (χ0) is 15.8. The highest BCUT2D eigenvalue weighted by Crippen LogP contribution is 2.27. The van der Waals surface area contributed by atoms with Crippen LogP contribution in [0.4, 0.5) is 0 Å². The lowest BCUT2D eigenvalue weighted by Crippen LogP contribution is -2.24. The first-order valence-corrected chi connectivity index (χ1v) is 7.57. The van der Waals surface area contributed by atoms with Gasteiger partial charge in [-0.1, -0.05) is 30.3 Å². The van der Waals surface area contributed by atoms with Gasteiger partial charge < -0.3 is 20.6 Å². The lowest BCUT2D eigenvalue weighted by molar-refractivity contribution is 0.273. The minimum absolute atomic E-state index is 0.0437. The van der Waals surface area contributed by atoms with Gasteiger partial charge in [0.1, 0.15) is 11.5 Å². The van der Waals surface area contributed by atoms with Gasteiger partial charge in [-0.05, 0) is 48.6 Å². The molecule has 0 aliphatic carbocycles. The highest BCUT2D eigenvalue weighted by atomic mass is 16.3. The molecular weight excluding hydrogens is 278 g/mol. The Labute approximate surface area is 131 Å². The third-order valence-electron chi connectivity index (χ3n) is 3.70. The van der Waals surface area contributed by atoms with Crippen LogP contribution >= 0.6 is 0 Å².